The Morgan fingerprint density at radius 3 is 2.12 bits per heavy atom. The van der Waals surface area contributed by atoms with Gasteiger partial charge in [-0.05, 0) is 72.9 Å². The lowest BCUT2D eigenvalue weighted by atomic mass is 9.91. The van der Waals surface area contributed by atoms with Gasteiger partial charge in [-0.3, -0.25) is 0 Å². The molecule has 4 rings (SSSR count). The Hall–Kier alpha value is -3.13. The third-order valence-electron chi connectivity index (χ3n) is 4.88. The lowest BCUT2D eigenvalue weighted by Gasteiger charge is -2.13. The zero-order valence-electron chi connectivity index (χ0n) is 15.4. The smallest absolute Gasteiger partial charge is 0.0927 e. The van der Waals surface area contributed by atoms with Crippen LogP contribution in [0.4, 0.5) is 0 Å². The van der Waals surface area contributed by atoms with Gasteiger partial charge in [0.25, 0.3) is 0 Å². The van der Waals surface area contributed by atoms with Crippen molar-refractivity contribution in [2.45, 2.75) is 20.8 Å². The van der Waals surface area contributed by atoms with Crippen molar-refractivity contribution in [3.05, 3.63) is 95.7 Å². The first-order chi connectivity index (χ1) is 12.6. The SMILES string of the molecule is Cc1cc(-c2ccn(-c3ccccc3)n2)ccc1-c1c(C)cccc1C. The molecule has 2 nitrogen and oxygen atoms in total. The topological polar surface area (TPSA) is 17.8 Å². The molecule has 3 aromatic carbocycles. The summed E-state index contributed by atoms with van der Waals surface area (Å²) in [5, 5.41) is 4.75. The van der Waals surface area contributed by atoms with Crippen molar-refractivity contribution < 1.29 is 0 Å². The standard InChI is InChI=1S/C24H22N2/c1-17-8-7-9-18(2)24(17)22-13-12-20(16-19(22)3)23-14-15-26(25-23)21-10-5-4-6-11-21/h4-16H,1-3H3. The molecule has 4 aromatic rings. The molecule has 0 spiro atoms. The number of aryl methyl sites for hydroxylation is 3. The predicted molar refractivity (Wildman–Crippen MR) is 109 cm³/mol. The molecule has 0 fully saturated rings. The minimum atomic E-state index is 0.991. The lowest BCUT2D eigenvalue weighted by molar-refractivity contribution is 0.884. The normalized spacial score (nSPS) is 10.9. The fourth-order valence-electron chi connectivity index (χ4n) is 3.55. The van der Waals surface area contributed by atoms with E-state index in [1.807, 2.05) is 29.1 Å². The van der Waals surface area contributed by atoms with Crippen molar-refractivity contribution in [1.29, 1.82) is 0 Å². The van der Waals surface area contributed by atoms with Crippen LogP contribution in [0.2, 0.25) is 0 Å². The van der Waals surface area contributed by atoms with Gasteiger partial charge in [-0.25, -0.2) is 4.68 Å². The second-order valence-electron chi connectivity index (χ2n) is 6.78. The van der Waals surface area contributed by atoms with Crippen molar-refractivity contribution in [2.24, 2.45) is 0 Å². The molecule has 0 saturated carbocycles. The number of nitrogens with zero attached hydrogens (tertiary/aromatic N) is 2. The molecule has 26 heavy (non-hydrogen) atoms. The average molecular weight is 338 g/mol. The number of rotatable bonds is 3. The monoisotopic (exact) mass is 338 g/mol. The van der Waals surface area contributed by atoms with Gasteiger partial charge in [-0.2, -0.15) is 5.10 Å². The van der Waals surface area contributed by atoms with Gasteiger partial charge in [0.15, 0.2) is 0 Å². The molecular weight excluding hydrogens is 316 g/mol. The maximum absolute atomic E-state index is 4.75. The molecule has 0 aliphatic heterocycles. The Morgan fingerprint density at radius 2 is 1.42 bits per heavy atom. The molecule has 0 atom stereocenters. The molecular formula is C24H22N2. The molecule has 0 aliphatic rings. The molecule has 0 radical (unpaired) electrons. The summed E-state index contributed by atoms with van der Waals surface area (Å²) in [6.45, 7) is 6.54. The zero-order valence-corrected chi connectivity index (χ0v) is 15.4. The van der Waals surface area contributed by atoms with Gasteiger partial charge >= 0.3 is 0 Å². The van der Waals surface area contributed by atoms with Gasteiger partial charge in [-0.15, -0.1) is 0 Å². The van der Waals surface area contributed by atoms with Gasteiger partial charge in [0.05, 0.1) is 11.4 Å². The zero-order chi connectivity index (χ0) is 18.1. The summed E-state index contributed by atoms with van der Waals surface area (Å²) in [6.07, 6.45) is 2.01. The van der Waals surface area contributed by atoms with E-state index < -0.39 is 0 Å². The minimum Gasteiger partial charge on any atom is -0.240 e. The van der Waals surface area contributed by atoms with Gasteiger partial charge in [0.2, 0.25) is 0 Å². The van der Waals surface area contributed by atoms with Crippen molar-refractivity contribution in [3.63, 3.8) is 0 Å². The summed E-state index contributed by atoms with van der Waals surface area (Å²) >= 11 is 0. The number of hydrogen-bond donors (Lipinski definition) is 0. The predicted octanol–water partition coefficient (Wildman–Crippen LogP) is 6.13. The van der Waals surface area contributed by atoms with Crippen molar-refractivity contribution in [3.8, 4) is 28.1 Å². The van der Waals surface area contributed by atoms with Crippen LogP contribution in [-0.2, 0) is 0 Å². The van der Waals surface area contributed by atoms with Crippen LogP contribution >= 0.6 is 0 Å². The van der Waals surface area contributed by atoms with Crippen LogP contribution in [0.5, 0.6) is 0 Å². The molecule has 0 bridgehead atoms. The molecule has 1 aromatic heterocycles. The molecule has 2 heteroatoms. The highest BCUT2D eigenvalue weighted by molar-refractivity contribution is 5.76. The molecule has 0 saturated heterocycles. The van der Waals surface area contributed by atoms with Crippen LogP contribution in [-0.4, -0.2) is 9.78 Å². The fraction of sp³-hybridized carbons (Fsp3) is 0.125. The molecule has 128 valence electrons. The van der Waals surface area contributed by atoms with Gasteiger partial charge in [0.1, 0.15) is 0 Å². The summed E-state index contributed by atoms with van der Waals surface area (Å²) in [4.78, 5) is 0. The van der Waals surface area contributed by atoms with E-state index in [0.717, 1.165) is 16.9 Å². The van der Waals surface area contributed by atoms with E-state index in [2.05, 4.69) is 75.4 Å². The summed E-state index contributed by atoms with van der Waals surface area (Å²) in [5.74, 6) is 0. The number of aromatic nitrogens is 2. The highest BCUT2D eigenvalue weighted by Crippen LogP contribution is 2.32. The Kier molecular flexibility index (Phi) is 4.18. The highest BCUT2D eigenvalue weighted by Gasteiger charge is 2.10. The molecule has 0 amide bonds. The third kappa shape index (κ3) is 2.95. The average Bonchev–Trinajstić information content (AvgIpc) is 3.14. The van der Waals surface area contributed by atoms with Crippen LogP contribution in [0, 0.1) is 20.8 Å². The van der Waals surface area contributed by atoms with Gasteiger partial charge in [0, 0.05) is 11.8 Å². The highest BCUT2D eigenvalue weighted by atomic mass is 15.3. The Bertz CT molecular complexity index is 1040. The van der Waals surface area contributed by atoms with Gasteiger partial charge < -0.3 is 0 Å². The van der Waals surface area contributed by atoms with Crippen molar-refractivity contribution in [1.82, 2.24) is 9.78 Å². The first-order valence-electron chi connectivity index (χ1n) is 8.92. The maximum Gasteiger partial charge on any atom is 0.0927 e. The summed E-state index contributed by atoms with van der Waals surface area (Å²) in [6, 6.07) is 25.4. The van der Waals surface area contributed by atoms with Crippen molar-refractivity contribution >= 4 is 0 Å². The first kappa shape index (κ1) is 16.3. The van der Waals surface area contributed by atoms with Crippen LogP contribution in [0.1, 0.15) is 16.7 Å². The second kappa shape index (κ2) is 6.64. The quantitative estimate of drug-likeness (QED) is 0.439. The van der Waals surface area contributed by atoms with Gasteiger partial charge in [-0.1, -0.05) is 48.5 Å². The summed E-state index contributed by atoms with van der Waals surface area (Å²) in [7, 11) is 0. The largest absolute Gasteiger partial charge is 0.240 e. The number of benzene rings is 3. The van der Waals surface area contributed by atoms with E-state index in [1.54, 1.807) is 0 Å². The fourth-order valence-corrected chi connectivity index (χ4v) is 3.55. The van der Waals surface area contributed by atoms with E-state index in [4.69, 9.17) is 5.10 Å². The van der Waals surface area contributed by atoms with E-state index in [0.29, 0.717) is 0 Å². The second-order valence-corrected chi connectivity index (χ2v) is 6.78. The van der Waals surface area contributed by atoms with E-state index in [-0.39, 0.29) is 0 Å². The Balaban J connectivity index is 1.72. The number of para-hydroxylation sites is 1. The molecule has 0 unspecified atom stereocenters. The van der Waals surface area contributed by atoms with E-state index >= 15 is 0 Å². The minimum absolute atomic E-state index is 0.991. The third-order valence-corrected chi connectivity index (χ3v) is 4.88. The lowest BCUT2D eigenvalue weighted by Crippen LogP contribution is -1.95. The van der Waals surface area contributed by atoms with Crippen LogP contribution in [0.25, 0.3) is 28.1 Å². The van der Waals surface area contributed by atoms with Crippen LogP contribution in [0.15, 0.2) is 79.0 Å². The Morgan fingerprint density at radius 1 is 0.692 bits per heavy atom. The summed E-state index contributed by atoms with van der Waals surface area (Å²) in [5.41, 5.74) is 9.75. The maximum atomic E-state index is 4.75. The molecule has 0 aliphatic carbocycles. The van der Waals surface area contributed by atoms with E-state index in [9.17, 15) is 0 Å². The summed E-state index contributed by atoms with van der Waals surface area (Å²) < 4.78 is 1.92. The van der Waals surface area contributed by atoms with Crippen molar-refractivity contribution in [2.75, 3.05) is 0 Å². The Labute approximate surface area is 154 Å². The van der Waals surface area contributed by atoms with E-state index in [1.165, 1.54) is 27.8 Å². The molecule has 0 N–H and O–H groups in total. The number of hydrogen-bond acceptors (Lipinski definition) is 1. The van der Waals surface area contributed by atoms with Crippen LogP contribution in [0.3, 0.4) is 0 Å². The molecule has 1 heterocycles. The van der Waals surface area contributed by atoms with Crippen LogP contribution < -0.4 is 0 Å². The first-order valence-corrected chi connectivity index (χ1v) is 8.92.